The molecule has 0 unspecified atom stereocenters. The molecule has 2 aromatic carbocycles. The topological polar surface area (TPSA) is 64.9 Å². The minimum atomic E-state index is 0.477. The highest BCUT2D eigenvalue weighted by atomic mass is 16.5. The third-order valence-electron chi connectivity index (χ3n) is 5.17. The summed E-state index contributed by atoms with van der Waals surface area (Å²) in [5.41, 5.74) is 4.46. The molecule has 0 spiro atoms. The predicted molar refractivity (Wildman–Crippen MR) is 122 cm³/mol. The van der Waals surface area contributed by atoms with Gasteiger partial charge in [0.1, 0.15) is 11.6 Å². The Morgan fingerprint density at radius 1 is 0.839 bits per heavy atom. The molecule has 6 nitrogen and oxygen atoms in total. The lowest BCUT2D eigenvalue weighted by Crippen LogP contribution is -1.99. The fourth-order valence-electron chi connectivity index (χ4n) is 3.41. The summed E-state index contributed by atoms with van der Waals surface area (Å²) in [6.45, 7) is 4.17. The molecular weight excluding hydrogens is 386 g/mol. The molecular formula is C25H21N5O. The van der Waals surface area contributed by atoms with Crippen LogP contribution < -0.4 is 10.1 Å². The lowest BCUT2D eigenvalue weighted by molar-refractivity contribution is 0.463. The highest BCUT2D eigenvalue weighted by molar-refractivity contribution is 5.83. The number of aromatic nitrogens is 4. The number of pyridine rings is 1. The fraction of sp³-hybridized carbons (Fsp3) is 0.0800. The average Bonchev–Trinajstić information content (AvgIpc) is 3.20. The van der Waals surface area contributed by atoms with E-state index >= 15 is 0 Å². The van der Waals surface area contributed by atoms with Crippen LogP contribution >= 0.6 is 0 Å². The van der Waals surface area contributed by atoms with Crippen molar-refractivity contribution in [2.45, 2.75) is 13.8 Å². The summed E-state index contributed by atoms with van der Waals surface area (Å²) >= 11 is 0. The van der Waals surface area contributed by atoms with Gasteiger partial charge in [-0.1, -0.05) is 12.1 Å². The minimum absolute atomic E-state index is 0.477. The van der Waals surface area contributed by atoms with Crippen LogP contribution in [0, 0.1) is 13.8 Å². The van der Waals surface area contributed by atoms with Crippen LogP contribution in [0.2, 0.25) is 0 Å². The zero-order valence-corrected chi connectivity index (χ0v) is 17.3. The molecule has 0 bridgehead atoms. The van der Waals surface area contributed by atoms with Gasteiger partial charge < -0.3 is 14.6 Å². The van der Waals surface area contributed by atoms with E-state index in [1.807, 2.05) is 54.7 Å². The van der Waals surface area contributed by atoms with Crippen LogP contribution in [0.15, 0.2) is 85.3 Å². The molecule has 0 radical (unpaired) electrons. The van der Waals surface area contributed by atoms with E-state index in [9.17, 15) is 0 Å². The summed E-state index contributed by atoms with van der Waals surface area (Å²) in [5.74, 6) is 2.55. The molecule has 0 aliphatic rings. The molecule has 152 valence electrons. The van der Waals surface area contributed by atoms with E-state index < -0.39 is 0 Å². The monoisotopic (exact) mass is 407 g/mol. The summed E-state index contributed by atoms with van der Waals surface area (Å²) in [6, 6.07) is 21.8. The van der Waals surface area contributed by atoms with Crippen molar-refractivity contribution in [1.29, 1.82) is 0 Å². The summed E-state index contributed by atoms with van der Waals surface area (Å²) < 4.78 is 8.06. The number of hydrogen-bond donors (Lipinski definition) is 1. The Bertz CT molecular complexity index is 1360. The van der Waals surface area contributed by atoms with Crippen LogP contribution in [0.1, 0.15) is 11.1 Å². The van der Waals surface area contributed by atoms with Gasteiger partial charge in [-0.2, -0.15) is 4.98 Å². The number of fused-ring (bicyclic) bond motifs is 1. The van der Waals surface area contributed by atoms with Crippen molar-refractivity contribution in [3.8, 4) is 17.4 Å². The molecule has 0 saturated carbocycles. The zero-order valence-electron chi connectivity index (χ0n) is 17.3. The Kier molecular flexibility index (Phi) is 4.80. The van der Waals surface area contributed by atoms with Crippen molar-refractivity contribution >= 4 is 22.5 Å². The highest BCUT2D eigenvalue weighted by Crippen LogP contribution is 2.27. The Balaban J connectivity index is 1.37. The summed E-state index contributed by atoms with van der Waals surface area (Å²) in [4.78, 5) is 13.2. The van der Waals surface area contributed by atoms with Crippen molar-refractivity contribution < 1.29 is 4.74 Å². The first-order valence-corrected chi connectivity index (χ1v) is 10.0. The van der Waals surface area contributed by atoms with Gasteiger partial charge in [-0.3, -0.25) is 0 Å². The first kappa shape index (κ1) is 18.8. The van der Waals surface area contributed by atoms with E-state index in [1.165, 1.54) is 11.1 Å². The van der Waals surface area contributed by atoms with E-state index in [1.54, 1.807) is 18.5 Å². The van der Waals surface area contributed by atoms with E-state index in [2.05, 4.69) is 50.8 Å². The molecule has 0 saturated heterocycles. The van der Waals surface area contributed by atoms with Gasteiger partial charge in [-0.05, 0) is 73.5 Å². The van der Waals surface area contributed by atoms with Crippen molar-refractivity contribution in [2.24, 2.45) is 0 Å². The maximum absolute atomic E-state index is 6.01. The first-order chi connectivity index (χ1) is 15.2. The largest absolute Gasteiger partial charge is 0.439 e. The Morgan fingerprint density at radius 3 is 2.61 bits per heavy atom. The Labute approximate surface area is 180 Å². The van der Waals surface area contributed by atoms with Crippen LogP contribution in [-0.4, -0.2) is 19.5 Å². The molecule has 5 rings (SSSR count). The molecule has 0 aliphatic carbocycles. The normalized spacial score (nSPS) is 10.9. The third kappa shape index (κ3) is 3.96. The Morgan fingerprint density at radius 2 is 1.77 bits per heavy atom. The van der Waals surface area contributed by atoms with Gasteiger partial charge in [-0.15, -0.1) is 0 Å². The molecule has 5 aromatic rings. The van der Waals surface area contributed by atoms with Crippen molar-refractivity contribution in [3.05, 3.63) is 96.4 Å². The minimum Gasteiger partial charge on any atom is -0.439 e. The van der Waals surface area contributed by atoms with E-state index in [0.717, 1.165) is 22.4 Å². The van der Waals surface area contributed by atoms with Crippen molar-refractivity contribution in [2.75, 3.05) is 5.32 Å². The van der Waals surface area contributed by atoms with Crippen LogP contribution in [0.4, 0.5) is 11.6 Å². The summed E-state index contributed by atoms with van der Waals surface area (Å²) in [7, 11) is 0. The SMILES string of the molecule is Cc1ccc(Nc2nccc(Oc3ccc4c(ccn4-c4ccccn4)c3)n2)cc1C. The van der Waals surface area contributed by atoms with Gasteiger partial charge in [0.05, 0.1) is 5.52 Å². The molecule has 1 N–H and O–H groups in total. The highest BCUT2D eigenvalue weighted by Gasteiger charge is 2.08. The summed E-state index contributed by atoms with van der Waals surface area (Å²) in [6.07, 6.45) is 5.48. The molecule has 0 atom stereocenters. The average molecular weight is 407 g/mol. The van der Waals surface area contributed by atoms with Gasteiger partial charge in [-0.25, -0.2) is 9.97 Å². The number of benzene rings is 2. The maximum atomic E-state index is 6.01. The molecule has 6 heteroatoms. The lowest BCUT2D eigenvalue weighted by atomic mass is 10.1. The van der Waals surface area contributed by atoms with Crippen LogP contribution in [0.3, 0.4) is 0 Å². The number of ether oxygens (including phenoxy) is 1. The van der Waals surface area contributed by atoms with Crippen LogP contribution in [-0.2, 0) is 0 Å². The van der Waals surface area contributed by atoms with Gasteiger partial charge in [0.15, 0.2) is 0 Å². The molecule has 0 fully saturated rings. The quantitative estimate of drug-likeness (QED) is 0.389. The van der Waals surface area contributed by atoms with Crippen molar-refractivity contribution in [3.63, 3.8) is 0 Å². The number of nitrogens with one attached hydrogen (secondary N) is 1. The standard InChI is InChI=1S/C25H21N5O/c1-17-6-7-20(15-18(17)2)28-25-27-13-10-24(29-25)31-21-8-9-22-19(16-21)11-14-30(22)23-5-3-4-12-26-23/h3-16H,1-2H3,(H,27,28,29). The van der Waals surface area contributed by atoms with Crippen molar-refractivity contribution in [1.82, 2.24) is 19.5 Å². The third-order valence-corrected chi connectivity index (χ3v) is 5.17. The molecule has 3 heterocycles. The number of hydrogen-bond acceptors (Lipinski definition) is 5. The second-order valence-corrected chi connectivity index (χ2v) is 7.34. The number of nitrogens with zero attached hydrogens (tertiary/aromatic N) is 4. The Hall–Kier alpha value is -4.19. The second kappa shape index (κ2) is 7.91. The van der Waals surface area contributed by atoms with Crippen LogP contribution in [0.5, 0.6) is 11.6 Å². The van der Waals surface area contributed by atoms with Gasteiger partial charge in [0.25, 0.3) is 0 Å². The van der Waals surface area contributed by atoms with Gasteiger partial charge in [0.2, 0.25) is 11.8 Å². The molecule has 31 heavy (non-hydrogen) atoms. The first-order valence-electron chi connectivity index (χ1n) is 10.0. The van der Waals surface area contributed by atoms with E-state index in [0.29, 0.717) is 17.6 Å². The lowest BCUT2D eigenvalue weighted by Gasteiger charge is -2.09. The van der Waals surface area contributed by atoms with Crippen LogP contribution in [0.25, 0.3) is 16.7 Å². The van der Waals surface area contributed by atoms with Gasteiger partial charge >= 0.3 is 0 Å². The van der Waals surface area contributed by atoms with E-state index in [-0.39, 0.29) is 0 Å². The molecule has 0 aliphatic heterocycles. The van der Waals surface area contributed by atoms with E-state index in [4.69, 9.17) is 4.74 Å². The summed E-state index contributed by atoms with van der Waals surface area (Å²) in [5, 5.41) is 4.30. The number of anilines is 2. The fourth-order valence-corrected chi connectivity index (χ4v) is 3.41. The second-order valence-electron chi connectivity index (χ2n) is 7.34. The van der Waals surface area contributed by atoms with Gasteiger partial charge in [0, 0.05) is 35.7 Å². The maximum Gasteiger partial charge on any atom is 0.230 e. The molecule has 0 amide bonds. The number of aryl methyl sites for hydroxylation is 2. The predicted octanol–water partition coefficient (Wildman–Crippen LogP) is 5.97. The smallest absolute Gasteiger partial charge is 0.230 e. The molecule has 3 aromatic heterocycles. The number of rotatable bonds is 5. The zero-order chi connectivity index (χ0) is 21.2.